The van der Waals surface area contributed by atoms with Gasteiger partial charge in [0.25, 0.3) is 0 Å². The summed E-state index contributed by atoms with van der Waals surface area (Å²) in [5.74, 6) is -3.38. The summed E-state index contributed by atoms with van der Waals surface area (Å²) in [6.45, 7) is 1.04. The van der Waals surface area contributed by atoms with E-state index in [4.69, 9.17) is 0 Å². The Balaban J connectivity index is 1.64. The van der Waals surface area contributed by atoms with Gasteiger partial charge < -0.3 is 5.32 Å². The third kappa shape index (κ3) is 6.67. The van der Waals surface area contributed by atoms with Crippen molar-refractivity contribution in [3.05, 3.63) is 46.1 Å². The first-order valence-corrected chi connectivity index (χ1v) is 12.0. The molecule has 6 nitrogen and oxygen atoms in total. The number of hydrogen-bond acceptors (Lipinski definition) is 5. The van der Waals surface area contributed by atoms with E-state index in [9.17, 15) is 39.6 Å². The summed E-state index contributed by atoms with van der Waals surface area (Å²) in [5, 5.41) is 3.41. The zero-order valence-corrected chi connectivity index (χ0v) is 18.8. The number of nitrogens with one attached hydrogen (secondary N) is 1. The highest BCUT2D eigenvalue weighted by atomic mass is 32.2. The molecule has 1 aromatic heterocycles. The molecule has 0 saturated carbocycles. The van der Waals surface area contributed by atoms with Crippen LogP contribution in [0.25, 0.3) is 0 Å². The van der Waals surface area contributed by atoms with Gasteiger partial charge in [0, 0.05) is 19.5 Å². The van der Waals surface area contributed by atoms with E-state index in [1.54, 1.807) is 6.92 Å². The lowest BCUT2D eigenvalue weighted by molar-refractivity contribution is -0.137. The molecule has 33 heavy (non-hydrogen) atoms. The van der Waals surface area contributed by atoms with Gasteiger partial charge in [-0.2, -0.15) is 26.3 Å². The number of carbonyl (C=O) groups is 1. The zero-order valence-electron chi connectivity index (χ0n) is 17.1. The Morgan fingerprint density at radius 2 is 1.94 bits per heavy atom. The lowest BCUT2D eigenvalue weighted by atomic mass is 10.1. The monoisotopic (exact) mass is 515 g/mol. The Kier molecular flexibility index (Phi) is 7.10. The van der Waals surface area contributed by atoms with Gasteiger partial charge in [0.15, 0.2) is 5.75 Å². The summed E-state index contributed by atoms with van der Waals surface area (Å²) < 4.78 is 101. The standard InChI is InChI=1S/C19H19F6N3O3S2/c1-11-17(32-15(26-11)8-12-3-2-4-14(7-12)19(23,24)25)27-16(29)13-5-6-28(9-13)33(30,31)10-18(20,21)22/h2-4,7,13H,5-6,8-10H2,1H3,(H,27,29). The molecule has 1 amide bonds. The molecule has 2 aromatic rings. The molecule has 0 aliphatic carbocycles. The quantitative estimate of drug-likeness (QED) is 0.585. The number of hydrogen-bond donors (Lipinski definition) is 1. The first kappa shape index (κ1) is 25.4. The second kappa shape index (κ2) is 9.22. The molecule has 1 atom stereocenters. The summed E-state index contributed by atoms with van der Waals surface area (Å²) in [6, 6.07) is 4.80. The summed E-state index contributed by atoms with van der Waals surface area (Å²) in [7, 11) is -4.57. The van der Waals surface area contributed by atoms with Crippen molar-refractivity contribution in [3.63, 3.8) is 0 Å². The number of nitrogens with zero attached hydrogens (tertiary/aromatic N) is 2. The van der Waals surface area contributed by atoms with Gasteiger partial charge in [0.1, 0.15) is 5.00 Å². The number of amides is 1. The molecule has 1 unspecified atom stereocenters. The first-order valence-electron chi connectivity index (χ1n) is 9.62. The lowest BCUT2D eigenvalue weighted by Gasteiger charge is -2.17. The third-order valence-electron chi connectivity index (χ3n) is 4.95. The Morgan fingerprint density at radius 3 is 2.58 bits per heavy atom. The van der Waals surface area contributed by atoms with Crippen molar-refractivity contribution in [1.29, 1.82) is 0 Å². The van der Waals surface area contributed by atoms with Gasteiger partial charge in [-0.05, 0) is 25.0 Å². The van der Waals surface area contributed by atoms with Gasteiger partial charge in [-0.1, -0.05) is 18.2 Å². The van der Waals surface area contributed by atoms with Crippen molar-refractivity contribution in [2.45, 2.75) is 32.1 Å². The topological polar surface area (TPSA) is 79.4 Å². The minimum absolute atomic E-state index is 0.0673. The van der Waals surface area contributed by atoms with Crippen LogP contribution in [0.4, 0.5) is 31.3 Å². The van der Waals surface area contributed by atoms with E-state index in [0.717, 1.165) is 23.5 Å². The van der Waals surface area contributed by atoms with Crippen molar-refractivity contribution in [3.8, 4) is 0 Å². The number of alkyl halides is 6. The number of benzene rings is 1. The van der Waals surface area contributed by atoms with Crippen LogP contribution in [0.5, 0.6) is 0 Å². The zero-order chi connectivity index (χ0) is 24.6. The lowest BCUT2D eigenvalue weighted by Crippen LogP contribution is -2.37. The van der Waals surface area contributed by atoms with Crippen LogP contribution < -0.4 is 5.32 Å². The molecule has 1 fully saturated rings. The number of halogens is 6. The van der Waals surface area contributed by atoms with Crippen LogP contribution >= 0.6 is 11.3 Å². The second-order valence-electron chi connectivity index (χ2n) is 7.60. The summed E-state index contributed by atoms with van der Waals surface area (Å²) in [4.78, 5) is 16.8. The van der Waals surface area contributed by atoms with E-state index < -0.39 is 45.5 Å². The first-order chi connectivity index (χ1) is 15.1. The molecular weight excluding hydrogens is 496 g/mol. The number of rotatable bonds is 6. The molecular formula is C19H19F6N3O3S2. The van der Waals surface area contributed by atoms with Gasteiger partial charge in [0.05, 0.1) is 22.2 Å². The largest absolute Gasteiger partial charge is 0.416 e. The van der Waals surface area contributed by atoms with E-state index >= 15 is 0 Å². The maximum atomic E-state index is 12.9. The van der Waals surface area contributed by atoms with Crippen molar-refractivity contribution in [2.24, 2.45) is 5.92 Å². The smallest absolute Gasteiger partial charge is 0.316 e. The number of anilines is 1. The molecule has 0 radical (unpaired) electrons. The second-order valence-corrected chi connectivity index (χ2v) is 10.7. The van der Waals surface area contributed by atoms with Gasteiger partial charge in [-0.3, -0.25) is 4.79 Å². The molecule has 1 saturated heterocycles. The molecule has 1 aliphatic rings. The van der Waals surface area contributed by atoms with Crippen molar-refractivity contribution in [1.82, 2.24) is 9.29 Å². The number of aromatic nitrogens is 1. The van der Waals surface area contributed by atoms with Crippen LogP contribution in [-0.4, -0.2) is 48.6 Å². The van der Waals surface area contributed by atoms with E-state index in [0.29, 0.717) is 25.6 Å². The average Bonchev–Trinajstić information content (AvgIpc) is 3.27. The molecule has 3 rings (SSSR count). The summed E-state index contributed by atoms with van der Waals surface area (Å²) in [6.07, 6.45) is -9.18. The predicted molar refractivity (Wildman–Crippen MR) is 109 cm³/mol. The van der Waals surface area contributed by atoms with Gasteiger partial charge in [0.2, 0.25) is 15.9 Å². The molecule has 182 valence electrons. The minimum atomic E-state index is -4.88. The van der Waals surface area contributed by atoms with Crippen LogP contribution in [0.1, 0.15) is 28.2 Å². The average molecular weight is 516 g/mol. The molecule has 1 aromatic carbocycles. The third-order valence-corrected chi connectivity index (χ3v) is 7.83. The minimum Gasteiger partial charge on any atom is -0.316 e. The van der Waals surface area contributed by atoms with Gasteiger partial charge in [-0.25, -0.2) is 17.7 Å². The van der Waals surface area contributed by atoms with Crippen molar-refractivity contribution >= 4 is 32.3 Å². The number of thiazole rings is 1. The van der Waals surface area contributed by atoms with Crippen LogP contribution in [0, 0.1) is 12.8 Å². The summed E-state index contributed by atoms with van der Waals surface area (Å²) >= 11 is 1.06. The highest BCUT2D eigenvalue weighted by Crippen LogP contribution is 2.32. The predicted octanol–water partition coefficient (Wildman–Crippen LogP) is 4.21. The fourth-order valence-electron chi connectivity index (χ4n) is 3.38. The van der Waals surface area contributed by atoms with Crippen molar-refractivity contribution in [2.75, 3.05) is 24.2 Å². The molecule has 0 spiro atoms. The van der Waals surface area contributed by atoms with Crippen LogP contribution in [0.15, 0.2) is 24.3 Å². The SMILES string of the molecule is Cc1nc(Cc2cccc(C(F)(F)F)c2)sc1NC(=O)C1CCN(S(=O)(=O)CC(F)(F)F)C1. The molecule has 0 bridgehead atoms. The maximum absolute atomic E-state index is 12.9. The van der Waals surface area contributed by atoms with E-state index in [1.807, 2.05) is 0 Å². The van der Waals surface area contributed by atoms with Crippen molar-refractivity contribution < 1.29 is 39.6 Å². The van der Waals surface area contributed by atoms with Crippen LogP contribution in [0.3, 0.4) is 0 Å². The number of aryl methyl sites for hydroxylation is 1. The fourth-order valence-corrected chi connectivity index (χ4v) is 5.77. The molecule has 2 heterocycles. The van der Waals surface area contributed by atoms with Gasteiger partial charge in [-0.15, -0.1) is 11.3 Å². The van der Waals surface area contributed by atoms with Gasteiger partial charge >= 0.3 is 12.4 Å². The molecule has 1 aliphatic heterocycles. The highest BCUT2D eigenvalue weighted by molar-refractivity contribution is 7.89. The van der Waals surface area contributed by atoms with Crippen LogP contribution in [-0.2, 0) is 27.4 Å². The van der Waals surface area contributed by atoms with Crippen LogP contribution in [0.2, 0.25) is 0 Å². The maximum Gasteiger partial charge on any atom is 0.416 e. The highest BCUT2D eigenvalue weighted by Gasteiger charge is 2.42. The summed E-state index contributed by atoms with van der Waals surface area (Å²) in [5.41, 5.74) is 0.0284. The van der Waals surface area contributed by atoms with E-state index in [1.165, 1.54) is 12.1 Å². The Labute approximate surface area is 189 Å². The number of sulfonamides is 1. The number of carbonyl (C=O) groups excluding carboxylic acids is 1. The molecule has 1 N–H and O–H groups in total. The Morgan fingerprint density at radius 1 is 1.24 bits per heavy atom. The molecule has 14 heteroatoms. The Bertz CT molecular complexity index is 1130. The normalized spacial score (nSPS) is 18.0. The van der Waals surface area contributed by atoms with E-state index in [2.05, 4.69) is 10.3 Å². The fraction of sp³-hybridized carbons (Fsp3) is 0.474. The van der Waals surface area contributed by atoms with E-state index in [-0.39, 0.29) is 25.9 Å². The Hall–Kier alpha value is -2.19.